The summed E-state index contributed by atoms with van der Waals surface area (Å²) in [5.74, 6) is 1.35. The molecule has 0 amide bonds. The molecule has 0 radical (unpaired) electrons. The van der Waals surface area contributed by atoms with Crippen molar-refractivity contribution in [2.45, 2.75) is 6.04 Å². The van der Waals surface area contributed by atoms with E-state index in [2.05, 4.69) is 5.32 Å². The summed E-state index contributed by atoms with van der Waals surface area (Å²) in [7, 11) is 3.18. The predicted molar refractivity (Wildman–Crippen MR) is 84.4 cm³/mol. The molecule has 112 valence electrons. The average molecular weight is 308 g/mol. The molecule has 21 heavy (non-hydrogen) atoms. The van der Waals surface area contributed by atoms with E-state index in [-0.39, 0.29) is 12.6 Å². The Morgan fingerprint density at radius 2 is 1.90 bits per heavy atom. The molecule has 0 saturated carbocycles. The number of ether oxygens (including phenoxy) is 2. The van der Waals surface area contributed by atoms with Crippen LogP contribution in [0.15, 0.2) is 42.5 Å². The molecule has 2 aromatic rings. The lowest BCUT2D eigenvalue weighted by atomic mass is 10.1. The van der Waals surface area contributed by atoms with Crippen molar-refractivity contribution in [1.29, 1.82) is 0 Å². The molecular weight excluding hydrogens is 290 g/mol. The molecule has 2 rings (SSSR count). The number of hydrogen-bond acceptors (Lipinski definition) is 4. The number of aliphatic hydroxyl groups is 1. The minimum Gasteiger partial charge on any atom is -0.497 e. The SMILES string of the molecule is COc1ccc(C(CO)Nc2ccccc2Cl)c(OC)c1. The highest BCUT2D eigenvalue weighted by atomic mass is 35.5. The van der Waals surface area contributed by atoms with E-state index in [0.717, 1.165) is 11.3 Å². The molecular formula is C16H18ClNO3. The van der Waals surface area contributed by atoms with E-state index in [9.17, 15) is 5.11 Å². The van der Waals surface area contributed by atoms with Gasteiger partial charge in [-0.1, -0.05) is 23.7 Å². The second kappa shape index (κ2) is 7.20. The Bertz CT molecular complexity index is 604. The third kappa shape index (κ3) is 3.60. The second-order valence-corrected chi connectivity index (χ2v) is 4.87. The summed E-state index contributed by atoms with van der Waals surface area (Å²) in [5, 5.41) is 13.5. The fourth-order valence-corrected chi connectivity index (χ4v) is 2.28. The maximum Gasteiger partial charge on any atom is 0.127 e. The van der Waals surface area contributed by atoms with Crippen LogP contribution in [0.1, 0.15) is 11.6 Å². The van der Waals surface area contributed by atoms with Crippen LogP contribution in [0.25, 0.3) is 0 Å². The molecule has 5 heteroatoms. The summed E-state index contributed by atoms with van der Waals surface area (Å²) in [6.45, 7) is -0.0894. The first-order chi connectivity index (χ1) is 10.2. The molecule has 0 aromatic heterocycles. The van der Waals surface area contributed by atoms with Crippen LogP contribution in [-0.2, 0) is 0 Å². The van der Waals surface area contributed by atoms with Gasteiger partial charge in [0.25, 0.3) is 0 Å². The van der Waals surface area contributed by atoms with Gasteiger partial charge in [0.2, 0.25) is 0 Å². The van der Waals surface area contributed by atoms with Crippen molar-refractivity contribution in [3.05, 3.63) is 53.1 Å². The molecule has 1 atom stereocenters. The molecule has 0 aliphatic heterocycles. The lowest BCUT2D eigenvalue weighted by molar-refractivity contribution is 0.273. The Morgan fingerprint density at radius 3 is 2.52 bits per heavy atom. The number of nitrogens with one attached hydrogen (secondary N) is 1. The van der Waals surface area contributed by atoms with Crippen LogP contribution in [0.5, 0.6) is 11.5 Å². The highest BCUT2D eigenvalue weighted by molar-refractivity contribution is 6.33. The molecule has 0 aliphatic carbocycles. The van der Waals surface area contributed by atoms with E-state index in [4.69, 9.17) is 21.1 Å². The van der Waals surface area contributed by atoms with Crippen molar-refractivity contribution in [1.82, 2.24) is 0 Å². The minimum absolute atomic E-state index is 0.0894. The van der Waals surface area contributed by atoms with Crippen molar-refractivity contribution in [2.24, 2.45) is 0 Å². The summed E-state index contributed by atoms with van der Waals surface area (Å²) >= 11 is 6.14. The Balaban J connectivity index is 2.31. The van der Waals surface area contributed by atoms with Gasteiger partial charge < -0.3 is 19.9 Å². The molecule has 0 fully saturated rings. The van der Waals surface area contributed by atoms with Gasteiger partial charge in [0.05, 0.1) is 37.6 Å². The van der Waals surface area contributed by atoms with Crippen LogP contribution in [-0.4, -0.2) is 25.9 Å². The lowest BCUT2D eigenvalue weighted by Gasteiger charge is -2.21. The van der Waals surface area contributed by atoms with Gasteiger partial charge in [-0.2, -0.15) is 0 Å². The van der Waals surface area contributed by atoms with Gasteiger partial charge in [-0.3, -0.25) is 0 Å². The van der Waals surface area contributed by atoms with Crippen LogP contribution in [0.3, 0.4) is 0 Å². The maximum atomic E-state index is 9.69. The summed E-state index contributed by atoms with van der Waals surface area (Å²) < 4.78 is 10.6. The maximum absolute atomic E-state index is 9.69. The van der Waals surface area contributed by atoms with Crippen LogP contribution < -0.4 is 14.8 Å². The predicted octanol–water partition coefficient (Wildman–Crippen LogP) is 3.50. The van der Waals surface area contributed by atoms with Crippen molar-refractivity contribution in [3.8, 4) is 11.5 Å². The fraction of sp³-hybridized carbons (Fsp3) is 0.250. The largest absolute Gasteiger partial charge is 0.497 e. The minimum atomic E-state index is -0.328. The first-order valence-corrected chi connectivity index (χ1v) is 6.91. The summed E-state index contributed by atoms with van der Waals surface area (Å²) in [6.07, 6.45) is 0. The Kier molecular flexibility index (Phi) is 5.31. The van der Waals surface area contributed by atoms with Gasteiger partial charge in [-0.25, -0.2) is 0 Å². The fourth-order valence-electron chi connectivity index (χ4n) is 2.09. The zero-order valence-corrected chi connectivity index (χ0v) is 12.7. The van der Waals surface area contributed by atoms with E-state index in [1.165, 1.54) is 0 Å². The summed E-state index contributed by atoms with van der Waals surface area (Å²) in [5.41, 5.74) is 1.59. The Morgan fingerprint density at radius 1 is 1.14 bits per heavy atom. The van der Waals surface area contributed by atoms with Crippen LogP contribution in [0.2, 0.25) is 5.02 Å². The molecule has 4 nitrogen and oxygen atoms in total. The number of rotatable bonds is 6. The first kappa shape index (κ1) is 15.5. The van der Waals surface area contributed by atoms with Gasteiger partial charge in [0.1, 0.15) is 11.5 Å². The molecule has 2 aromatic carbocycles. The topological polar surface area (TPSA) is 50.7 Å². The van der Waals surface area contributed by atoms with Crippen molar-refractivity contribution in [2.75, 3.05) is 26.1 Å². The molecule has 0 saturated heterocycles. The van der Waals surface area contributed by atoms with Crippen molar-refractivity contribution >= 4 is 17.3 Å². The number of aliphatic hydroxyl groups excluding tert-OH is 1. The van der Waals surface area contributed by atoms with Crippen molar-refractivity contribution in [3.63, 3.8) is 0 Å². The Hall–Kier alpha value is -1.91. The number of benzene rings is 2. The quantitative estimate of drug-likeness (QED) is 0.857. The van der Waals surface area contributed by atoms with Gasteiger partial charge in [-0.05, 0) is 24.3 Å². The molecule has 0 heterocycles. The second-order valence-electron chi connectivity index (χ2n) is 4.47. The standard InChI is InChI=1S/C16H18ClNO3/c1-20-11-7-8-12(16(9-11)21-2)15(10-19)18-14-6-4-3-5-13(14)17/h3-9,15,18-19H,10H2,1-2H3. The first-order valence-electron chi connectivity index (χ1n) is 6.53. The van der Waals surface area contributed by atoms with Gasteiger partial charge in [0.15, 0.2) is 0 Å². The monoisotopic (exact) mass is 307 g/mol. The number of para-hydroxylation sites is 1. The normalized spacial score (nSPS) is 11.8. The Labute approximate surface area is 129 Å². The van der Waals surface area contributed by atoms with Gasteiger partial charge in [0, 0.05) is 11.6 Å². The van der Waals surface area contributed by atoms with Crippen LogP contribution in [0, 0.1) is 0 Å². The zero-order chi connectivity index (χ0) is 15.2. The lowest BCUT2D eigenvalue weighted by Crippen LogP contribution is -2.16. The highest BCUT2D eigenvalue weighted by Gasteiger charge is 2.17. The average Bonchev–Trinajstić information content (AvgIpc) is 2.53. The third-order valence-corrected chi connectivity index (χ3v) is 3.53. The number of anilines is 1. The molecule has 0 spiro atoms. The number of halogens is 1. The highest BCUT2D eigenvalue weighted by Crippen LogP contribution is 2.32. The summed E-state index contributed by atoms with van der Waals surface area (Å²) in [6, 6.07) is 12.5. The molecule has 0 bridgehead atoms. The van der Waals surface area contributed by atoms with E-state index in [1.807, 2.05) is 30.3 Å². The molecule has 2 N–H and O–H groups in total. The summed E-state index contributed by atoms with van der Waals surface area (Å²) in [4.78, 5) is 0. The van der Waals surface area contributed by atoms with E-state index in [0.29, 0.717) is 16.5 Å². The van der Waals surface area contributed by atoms with Crippen LogP contribution >= 0.6 is 11.6 Å². The van der Waals surface area contributed by atoms with E-state index >= 15 is 0 Å². The van der Waals surface area contributed by atoms with Gasteiger partial charge >= 0.3 is 0 Å². The van der Waals surface area contributed by atoms with Gasteiger partial charge in [-0.15, -0.1) is 0 Å². The molecule has 0 aliphatic rings. The van der Waals surface area contributed by atoms with Crippen molar-refractivity contribution < 1.29 is 14.6 Å². The number of methoxy groups -OCH3 is 2. The van der Waals surface area contributed by atoms with E-state index < -0.39 is 0 Å². The van der Waals surface area contributed by atoms with E-state index in [1.54, 1.807) is 26.4 Å². The number of hydrogen-bond donors (Lipinski definition) is 2. The molecule has 1 unspecified atom stereocenters. The zero-order valence-electron chi connectivity index (χ0n) is 12.0. The van der Waals surface area contributed by atoms with Crippen LogP contribution in [0.4, 0.5) is 5.69 Å². The smallest absolute Gasteiger partial charge is 0.127 e. The third-order valence-electron chi connectivity index (χ3n) is 3.20.